The van der Waals surface area contributed by atoms with Crippen LogP contribution in [-0.2, 0) is 0 Å². The largest absolute Gasteiger partial charge is 0.381 e. The van der Waals surface area contributed by atoms with Crippen molar-refractivity contribution in [2.75, 3.05) is 11.9 Å². The van der Waals surface area contributed by atoms with E-state index >= 15 is 0 Å². The van der Waals surface area contributed by atoms with Crippen molar-refractivity contribution in [3.63, 3.8) is 0 Å². The van der Waals surface area contributed by atoms with E-state index in [1.807, 2.05) is 24.3 Å². The molecule has 0 bridgehead atoms. The van der Waals surface area contributed by atoms with E-state index in [2.05, 4.69) is 5.32 Å². The molecule has 10 heavy (non-hydrogen) atoms. The molecule has 1 aliphatic heterocycles. The molecule has 0 saturated heterocycles. The van der Waals surface area contributed by atoms with E-state index < -0.39 is 6.17 Å². The molecule has 1 N–H and O–H groups in total. The third-order valence-corrected chi connectivity index (χ3v) is 1.77. The third kappa shape index (κ3) is 0.685. The van der Waals surface area contributed by atoms with Gasteiger partial charge in [0, 0.05) is 11.3 Å². The Balaban J connectivity index is 2.51. The number of nitrogens with one attached hydrogen (secondary N) is 1. The zero-order valence-electron chi connectivity index (χ0n) is 5.47. The molecule has 0 radical (unpaired) electrons. The van der Waals surface area contributed by atoms with Crippen molar-refractivity contribution in [3.8, 4) is 0 Å². The van der Waals surface area contributed by atoms with Crippen LogP contribution >= 0.6 is 0 Å². The maximum absolute atomic E-state index is 12.9. The van der Waals surface area contributed by atoms with E-state index in [-0.39, 0.29) is 0 Å². The van der Waals surface area contributed by atoms with Crippen molar-refractivity contribution < 1.29 is 4.39 Å². The quantitative estimate of drug-likeness (QED) is 0.577. The number of benzene rings is 1. The minimum atomic E-state index is -0.809. The summed E-state index contributed by atoms with van der Waals surface area (Å²) in [6.07, 6.45) is -0.809. The highest BCUT2D eigenvalue weighted by Crippen LogP contribution is 2.31. The van der Waals surface area contributed by atoms with Gasteiger partial charge < -0.3 is 5.32 Å². The fraction of sp³-hybridized carbons (Fsp3) is 0.250. The molecule has 0 aromatic heterocycles. The van der Waals surface area contributed by atoms with Crippen molar-refractivity contribution in [1.29, 1.82) is 0 Å². The molecule has 1 atom stereocenters. The van der Waals surface area contributed by atoms with Crippen LogP contribution in [0.15, 0.2) is 24.3 Å². The molecule has 0 spiro atoms. The lowest BCUT2D eigenvalue weighted by Gasteiger charge is -1.96. The zero-order valence-corrected chi connectivity index (χ0v) is 5.47. The fourth-order valence-corrected chi connectivity index (χ4v) is 1.24. The summed E-state index contributed by atoms with van der Waals surface area (Å²) in [5.74, 6) is 0. The summed E-state index contributed by atoms with van der Waals surface area (Å²) in [4.78, 5) is 0. The summed E-state index contributed by atoms with van der Waals surface area (Å²) in [7, 11) is 0. The molecule has 0 aliphatic carbocycles. The summed E-state index contributed by atoms with van der Waals surface area (Å²) < 4.78 is 12.9. The smallest absolute Gasteiger partial charge is 0.144 e. The Morgan fingerprint density at radius 1 is 1.40 bits per heavy atom. The Hall–Kier alpha value is -1.05. The summed E-state index contributed by atoms with van der Waals surface area (Å²) >= 11 is 0. The van der Waals surface area contributed by atoms with Crippen molar-refractivity contribution in [2.24, 2.45) is 0 Å². The van der Waals surface area contributed by atoms with Gasteiger partial charge in [0.15, 0.2) is 0 Å². The van der Waals surface area contributed by atoms with Gasteiger partial charge in [0.05, 0.1) is 6.54 Å². The zero-order chi connectivity index (χ0) is 6.97. The highest BCUT2D eigenvalue weighted by Gasteiger charge is 2.19. The number of halogens is 1. The highest BCUT2D eigenvalue weighted by molar-refractivity contribution is 5.56. The lowest BCUT2D eigenvalue weighted by Crippen LogP contribution is -1.94. The van der Waals surface area contributed by atoms with E-state index in [1.165, 1.54) is 0 Å². The molecule has 2 heteroatoms. The van der Waals surface area contributed by atoms with Gasteiger partial charge in [0.25, 0.3) is 0 Å². The van der Waals surface area contributed by atoms with Crippen LogP contribution in [0.3, 0.4) is 0 Å². The number of para-hydroxylation sites is 1. The first-order valence-electron chi connectivity index (χ1n) is 3.35. The highest BCUT2D eigenvalue weighted by atomic mass is 19.1. The van der Waals surface area contributed by atoms with Gasteiger partial charge in [-0.05, 0) is 6.07 Å². The summed E-state index contributed by atoms with van der Waals surface area (Å²) in [6, 6.07) is 7.48. The van der Waals surface area contributed by atoms with Crippen LogP contribution in [0.5, 0.6) is 0 Å². The molecule has 1 aliphatic rings. The maximum Gasteiger partial charge on any atom is 0.144 e. The summed E-state index contributed by atoms with van der Waals surface area (Å²) in [5.41, 5.74) is 1.73. The van der Waals surface area contributed by atoms with Crippen molar-refractivity contribution in [2.45, 2.75) is 6.17 Å². The monoisotopic (exact) mass is 137 g/mol. The van der Waals surface area contributed by atoms with Crippen LogP contribution in [0.25, 0.3) is 0 Å². The van der Waals surface area contributed by atoms with Gasteiger partial charge in [0.1, 0.15) is 6.17 Å². The predicted octanol–water partition coefficient (Wildman–Crippen LogP) is 2.12. The van der Waals surface area contributed by atoms with Gasteiger partial charge in [-0.2, -0.15) is 0 Å². The molecule has 2 rings (SSSR count). The fourth-order valence-electron chi connectivity index (χ4n) is 1.24. The standard InChI is InChI=1S/C8H8FN/c9-7-5-10-8-4-2-1-3-6(7)8/h1-4,7,10H,5H2/t7-/m1/s1. The molecule has 1 aromatic rings. The normalized spacial score (nSPS) is 21.9. The van der Waals surface area contributed by atoms with Crippen LogP contribution in [-0.4, -0.2) is 6.54 Å². The number of hydrogen-bond acceptors (Lipinski definition) is 1. The van der Waals surface area contributed by atoms with Gasteiger partial charge in [0.2, 0.25) is 0 Å². The summed E-state index contributed by atoms with van der Waals surface area (Å²) in [5, 5.41) is 2.97. The first-order valence-corrected chi connectivity index (χ1v) is 3.35. The molecule has 1 nitrogen and oxygen atoms in total. The second-order valence-electron chi connectivity index (χ2n) is 2.44. The molecule has 0 amide bonds. The minimum absolute atomic E-state index is 0.430. The third-order valence-electron chi connectivity index (χ3n) is 1.77. The molecular weight excluding hydrogens is 129 g/mol. The summed E-state index contributed by atoms with van der Waals surface area (Å²) in [6.45, 7) is 0.430. The Labute approximate surface area is 58.9 Å². The number of fused-ring (bicyclic) bond motifs is 1. The van der Waals surface area contributed by atoms with E-state index in [0.29, 0.717) is 6.54 Å². The van der Waals surface area contributed by atoms with E-state index in [0.717, 1.165) is 11.3 Å². The minimum Gasteiger partial charge on any atom is -0.381 e. The number of hydrogen-bond donors (Lipinski definition) is 1. The van der Waals surface area contributed by atoms with Crippen LogP contribution in [0.1, 0.15) is 11.7 Å². The Morgan fingerprint density at radius 3 is 3.00 bits per heavy atom. The topological polar surface area (TPSA) is 12.0 Å². The molecule has 0 saturated carbocycles. The second-order valence-corrected chi connectivity index (χ2v) is 2.44. The Morgan fingerprint density at radius 2 is 2.20 bits per heavy atom. The van der Waals surface area contributed by atoms with Crippen molar-refractivity contribution in [1.82, 2.24) is 0 Å². The van der Waals surface area contributed by atoms with Gasteiger partial charge in [-0.25, -0.2) is 4.39 Å². The van der Waals surface area contributed by atoms with Crippen LogP contribution in [0.4, 0.5) is 10.1 Å². The van der Waals surface area contributed by atoms with Crippen LogP contribution < -0.4 is 5.32 Å². The van der Waals surface area contributed by atoms with Crippen LogP contribution in [0.2, 0.25) is 0 Å². The average molecular weight is 137 g/mol. The molecule has 1 aromatic carbocycles. The lowest BCUT2D eigenvalue weighted by molar-refractivity contribution is 0.373. The predicted molar refractivity (Wildman–Crippen MR) is 38.8 cm³/mol. The Kier molecular flexibility index (Phi) is 1.13. The Bertz CT molecular complexity index is 247. The van der Waals surface area contributed by atoms with E-state index in [1.54, 1.807) is 0 Å². The number of rotatable bonds is 0. The number of alkyl halides is 1. The van der Waals surface area contributed by atoms with Gasteiger partial charge >= 0.3 is 0 Å². The van der Waals surface area contributed by atoms with Crippen LogP contribution in [0, 0.1) is 0 Å². The maximum atomic E-state index is 12.9. The van der Waals surface area contributed by atoms with E-state index in [4.69, 9.17) is 0 Å². The molecule has 0 unspecified atom stereocenters. The molecule has 0 fully saturated rings. The first-order chi connectivity index (χ1) is 4.88. The lowest BCUT2D eigenvalue weighted by atomic mass is 10.1. The molecule has 1 heterocycles. The van der Waals surface area contributed by atoms with E-state index in [9.17, 15) is 4.39 Å². The van der Waals surface area contributed by atoms with Gasteiger partial charge in [-0.15, -0.1) is 0 Å². The van der Waals surface area contributed by atoms with Gasteiger partial charge in [-0.3, -0.25) is 0 Å². The number of anilines is 1. The molecular formula is C8H8FN. The molecule has 52 valence electrons. The SMILES string of the molecule is F[C@@H]1CNc2ccccc21. The van der Waals surface area contributed by atoms with Gasteiger partial charge in [-0.1, -0.05) is 18.2 Å². The average Bonchev–Trinajstić information content (AvgIpc) is 2.34. The van der Waals surface area contributed by atoms with Crippen molar-refractivity contribution >= 4 is 5.69 Å². The van der Waals surface area contributed by atoms with Crippen molar-refractivity contribution in [3.05, 3.63) is 29.8 Å². The second kappa shape index (κ2) is 1.97. The first kappa shape index (κ1) is 5.71.